The predicted molar refractivity (Wildman–Crippen MR) is 411 cm³/mol. The number of aromatic nitrogens is 6. The van der Waals surface area contributed by atoms with Gasteiger partial charge in [0.2, 0.25) is 23.6 Å². The van der Waals surface area contributed by atoms with Crippen LogP contribution in [0.15, 0.2) is 121 Å². The van der Waals surface area contributed by atoms with Crippen molar-refractivity contribution in [2.24, 2.45) is 17.8 Å². The third-order valence-corrected chi connectivity index (χ3v) is 23.4. The maximum absolute atomic E-state index is 13.6. The maximum atomic E-state index is 13.6. The second kappa shape index (κ2) is 35.9. The Morgan fingerprint density at radius 3 is 1.11 bits per heavy atom. The van der Waals surface area contributed by atoms with E-state index in [4.69, 9.17) is 18.3 Å². The van der Waals surface area contributed by atoms with Crippen LogP contribution in [-0.4, -0.2) is 159 Å². The first-order valence-electron chi connectivity index (χ1n) is 36.7. The van der Waals surface area contributed by atoms with Gasteiger partial charge in [0.05, 0.1) is 103 Å². The minimum atomic E-state index is -0.754. The largest absolute Gasteiger partial charge is 0.479 e. The number of thiazole rings is 3. The quantitative estimate of drug-likeness (QED) is 0.0413. The highest BCUT2D eigenvalue weighted by molar-refractivity contribution is 7.14. The number of likely N-dealkylation sites (tertiary alicyclic amines) is 3. The van der Waals surface area contributed by atoms with Crippen molar-refractivity contribution in [1.82, 2.24) is 50.4 Å². The summed E-state index contributed by atoms with van der Waals surface area (Å²) in [5.74, 6) is -1.29. The maximum Gasteiger partial charge on any atom is 0.254 e. The van der Waals surface area contributed by atoms with Crippen LogP contribution in [0.2, 0.25) is 0 Å². The number of benzene rings is 3. The highest BCUT2D eigenvalue weighted by atomic mass is 32.1. The molecule has 4 amide bonds. The average Bonchev–Trinajstić information content (AvgIpc) is 1.68. The zero-order valence-corrected chi connectivity index (χ0v) is 66.0. The Hall–Kier alpha value is -8.92. The van der Waals surface area contributed by atoms with Crippen molar-refractivity contribution in [3.05, 3.63) is 170 Å². The molecule has 6 aromatic heterocycles. The summed E-state index contributed by atoms with van der Waals surface area (Å²) in [6.45, 7) is 27.7. The number of β-amino-alcohol motifs (C(OH)–C–C–N with tert-alkyl or cyclic N) is 3. The number of methoxy groups -OCH3 is 1. The van der Waals surface area contributed by atoms with E-state index in [0.29, 0.717) is 47.4 Å². The van der Waals surface area contributed by atoms with E-state index in [1.54, 1.807) is 64.0 Å². The van der Waals surface area contributed by atoms with E-state index in [-0.39, 0.29) is 116 Å². The Balaban J connectivity index is 0.000000172. The van der Waals surface area contributed by atoms with Gasteiger partial charge in [-0.15, -0.1) is 34.0 Å². The smallest absolute Gasteiger partial charge is 0.254 e. The molecular weight excluding hydrogens is 1420 g/mol. The third-order valence-electron chi connectivity index (χ3n) is 20.5. The molecule has 0 bridgehead atoms. The molecule has 9 aromatic rings. The van der Waals surface area contributed by atoms with Crippen LogP contribution in [-0.2, 0) is 28.8 Å². The number of hydrogen-bond donors (Lipinski definition) is 4. The molecule has 3 aliphatic heterocycles. The monoisotopic (exact) mass is 1520 g/mol. The zero-order valence-electron chi connectivity index (χ0n) is 63.6. The van der Waals surface area contributed by atoms with E-state index in [1.807, 2.05) is 143 Å². The van der Waals surface area contributed by atoms with Gasteiger partial charge in [-0.25, -0.2) is 15.0 Å². The van der Waals surface area contributed by atoms with Gasteiger partial charge in [0.1, 0.15) is 35.3 Å². The van der Waals surface area contributed by atoms with E-state index in [0.717, 1.165) is 65.1 Å². The van der Waals surface area contributed by atoms with Gasteiger partial charge in [-0.3, -0.25) is 28.8 Å². The van der Waals surface area contributed by atoms with Crippen LogP contribution in [0.3, 0.4) is 0 Å². The van der Waals surface area contributed by atoms with Crippen molar-refractivity contribution in [1.29, 1.82) is 0 Å². The Bertz CT molecular complexity index is 4480. The fourth-order valence-electron chi connectivity index (χ4n) is 14.7. The molecule has 0 radical (unpaired) electrons. The number of hydrogen-bond acceptors (Lipinski definition) is 22. The van der Waals surface area contributed by atoms with Gasteiger partial charge in [0.25, 0.3) is 5.88 Å². The van der Waals surface area contributed by atoms with E-state index in [2.05, 4.69) is 72.1 Å². The highest BCUT2D eigenvalue weighted by Gasteiger charge is 2.47. The number of rotatable bonds is 25. The fraction of sp³-hybridized carbons (Fsp3) is 0.481. The van der Waals surface area contributed by atoms with Crippen LogP contribution < -0.4 is 10.1 Å². The van der Waals surface area contributed by atoms with Crippen molar-refractivity contribution in [2.75, 3.05) is 26.7 Å². The van der Waals surface area contributed by atoms with Crippen LogP contribution in [0.25, 0.3) is 31.3 Å². The first kappa shape index (κ1) is 80.6. The minimum absolute atomic E-state index is 0.00776. The number of nitrogens with one attached hydrogen (secondary N) is 1. The second-order valence-corrected chi connectivity index (χ2v) is 32.2. The molecule has 3 saturated heterocycles. The van der Waals surface area contributed by atoms with E-state index in [1.165, 1.54) is 16.9 Å². The number of aliphatic hydroxyl groups excluding tert-OH is 3. The summed E-state index contributed by atoms with van der Waals surface area (Å²) in [6.07, 6.45) is -0.219. The normalized spacial score (nSPS) is 19.6. The first-order valence-corrected chi connectivity index (χ1v) is 39.4. The van der Waals surface area contributed by atoms with Crippen LogP contribution in [0.4, 0.5) is 0 Å². The minimum Gasteiger partial charge on any atom is -0.479 e. The molecule has 4 N–H and O–H groups in total. The molecule has 9 heterocycles. The topological polar surface area (TPSA) is 311 Å². The lowest BCUT2D eigenvalue weighted by Gasteiger charge is -2.30. The molecule has 12 rings (SSSR count). The number of amides is 4. The van der Waals surface area contributed by atoms with Crippen LogP contribution in [0.1, 0.15) is 199 Å². The number of carbonyl (C=O) groups is 6. The number of carbonyl (C=O) groups excluding carboxylic acids is 6. The van der Waals surface area contributed by atoms with Crippen LogP contribution in [0.5, 0.6) is 5.88 Å². The van der Waals surface area contributed by atoms with Crippen molar-refractivity contribution >= 4 is 69.2 Å². The molecule has 0 aliphatic carbocycles. The lowest BCUT2D eigenvalue weighted by molar-refractivity contribution is -0.141. The number of nitrogens with zero attached hydrogens (tertiary/aromatic N) is 9. The third kappa shape index (κ3) is 19.1. The number of aliphatic hydroxyl groups is 3. The number of aryl methyl sites for hydroxylation is 5. The lowest BCUT2D eigenvalue weighted by atomic mass is 9.89. The first-order chi connectivity index (χ1) is 51.0. The summed E-state index contributed by atoms with van der Waals surface area (Å²) in [5, 5.41) is 46.0. The second-order valence-electron chi connectivity index (χ2n) is 29.6. The molecule has 3 aromatic carbocycles. The Labute approximate surface area is 637 Å². The molecule has 3 unspecified atom stereocenters. The molecule has 3 aliphatic rings. The number of ketones is 2. The number of ether oxygens (including phenoxy) is 1. The van der Waals surface area contributed by atoms with Gasteiger partial charge in [-0.1, -0.05) is 145 Å². The molecule has 23 nitrogen and oxygen atoms in total. The summed E-state index contributed by atoms with van der Waals surface area (Å²) in [7, 11) is 1.48. The Morgan fingerprint density at radius 2 is 0.813 bits per heavy atom. The molecule has 107 heavy (non-hydrogen) atoms. The van der Waals surface area contributed by atoms with Gasteiger partial charge in [-0.05, 0) is 109 Å². The van der Waals surface area contributed by atoms with E-state index < -0.39 is 54.2 Å². The summed E-state index contributed by atoms with van der Waals surface area (Å²) in [4.78, 5) is 102. The van der Waals surface area contributed by atoms with Crippen molar-refractivity contribution in [3.8, 4) is 37.2 Å². The molecule has 570 valence electrons. The van der Waals surface area contributed by atoms with Crippen molar-refractivity contribution in [3.63, 3.8) is 0 Å². The summed E-state index contributed by atoms with van der Waals surface area (Å²) in [5.41, 5.74) is 16.4. The molecule has 0 saturated carbocycles. The van der Waals surface area contributed by atoms with Crippen molar-refractivity contribution in [2.45, 2.75) is 208 Å². The van der Waals surface area contributed by atoms with Gasteiger partial charge < -0.3 is 53.6 Å². The highest BCUT2D eigenvalue weighted by Crippen LogP contribution is 2.39. The zero-order chi connectivity index (χ0) is 77.2. The van der Waals surface area contributed by atoms with Gasteiger partial charge in [-0.2, -0.15) is 0 Å². The number of Topliss-reactive ketones (excluding diaryl/α,β-unsaturated/α-hetero) is 2. The van der Waals surface area contributed by atoms with Crippen LogP contribution >= 0.6 is 34.0 Å². The van der Waals surface area contributed by atoms with Gasteiger partial charge in [0.15, 0.2) is 17.3 Å². The average molecular weight is 1520 g/mol. The molecule has 12 atom stereocenters. The van der Waals surface area contributed by atoms with E-state index in [9.17, 15) is 44.1 Å². The predicted octanol–water partition coefficient (Wildman–Crippen LogP) is 13.8. The standard InChI is InChI=1S/C27H34N4O4S.C27H33N3O5S.C27H33N3O4S/c1-6-21(18-7-9-19(10-8-18)25-17(5)28-14-36-25)29-26(33)22-12-20(32)13-31(22)27(34)24(15(2)3)23-11-16(4)30-35-23;1-15(2)25(23-12-24(34-5)29-35-23)27(33)30-13-20(31)11-21(30)22(32)10-16(3)18-6-8-19(9-7-18)26-17(4)28-14-36-26;1-15(2)25(24-11-17(4)29-34-24)27(33)30-13-21(31)12-22(30)23(32)10-16(3)19-6-8-20(9-7-19)26-18(5)28-14-35-26/h7-11,14-15,20-22,24,32H,6,12-13H2,1-5H3,(H,29,33);6-9,12,14-16,20-21,25,31H,10-11,13H2,1-5H3;6-9,11,14-16,21-22,25,31H,10,12-13H2,1-5H3/t20-,21+,22?,24-;16-,20-,21+,25-;16-,21-,22?,25?/m111/s1. The fourth-order valence-corrected chi connectivity index (χ4v) is 17.1. The van der Waals surface area contributed by atoms with E-state index >= 15 is 0 Å². The SMILES string of the molecule is CC[C@H](NC(=O)C1C[C@@H](O)CN1C(=O)[C@@H](c1cc(C)no1)C(C)C)c1ccc(-c2scnc2C)cc1.COc1cc([C@H](C(=O)N2C[C@H](O)C[C@H]2C(=O)C[C@@H](C)c2ccc(-c3scnc3C)cc2)C(C)C)on1.Cc1cc(C(C(=O)N2C[C@H](O)CC2C(=O)C[C@@H](C)c2ccc(-c3scnc3C)cc2)C(C)C)on1. The summed E-state index contributed by atoms with van der Waals surface area (Å²) >= 11 is 4.83. The van der Waals surface area contributed by atoms with Gasteiger partial charge in [0, 0.05) is 69.9 Å². The Kier molecular flexibility index (Phi) is 27.0. The Morgan fingerprint density at radius 1 is 0.486 bits per heavy atom. The summed E-state index contributed by atoms with van der Waals surface area (Å²) in [6, 6.07) is 27.5. The van der Waals surface area contributed by atoms with Crippen molar-refractivity contribution < 1.29 is 62.4 Å². The molecule has 26 heteroatoms. The van der Waals surface area contributed by atoms with Crippen LogP contribution in [0, 0.1) is 52.4 Å². The molecule has 3 fully saturated rings. The molecular formula is C81H100N10O13S3. The summed E-state index contributed by atoms with van der Waals surface area (Å²) < 4.78 is 21.3. The van der Waals surface area contributed by atoms with Gasteiger partial charge >= 0.3 is 0 Å². The lowest BCUT2D eigenvalue weighted by Crippen LogP contribution is -2.48. The molecule has 0 spiro atoms.